The Morgan fingerprint density at radius 2 is 1.69 bits per heavy atom. The Bertz CT molecular complexity index is 686. The van der Waals surface area contributed by atoms with Crippen LogP contribution in [0.5, 0.6) is 5.75 Å². The predicted octanol–water partition coefficient (Wildman–Crippen LogP) is 4.22. The zero-order valence-corrected chi connectivity index (χ0v) is 16.2. The standard InChI is InChI=1S/C22H30N2O2/c1-17(2)20-13-8-9-14-21(20)26-18(3)22(25)23-15-10-16-24(4)19-11-6-5-7-12-19/h5-9,11-14,17-18H,10,15-16H2,1-4H3,(H,23,25). The highest BCUT2D eigenvalue weighted by Crippen LogP contribution is 2.26. The molecular formula is C22H30N2O2. The largest absolute Gasteiger partial charge is 0.481 e. The fourth-order valence-corrected chi connectivity index (χ4v) is 2.79. The van der Waals surface area contributed by atoms with Crippen LogP contribution in [0.3, 0.4) is 0 Å². The summed E-state index contributed by atoms with van der Waals surface area (Å²) in [4.78, 5) is 14.5. The van der Waals surface area contributed by atoms with Gasteiger partial charge in [-0.25, -0.2) is 0 Å². The fourth-order valence-electron chi connectivity index (χ4n) is 2.79. The average Bonchev–Trinajstić information content (AvgIpc) is 2.65. The van der Waals surface area contributed by atoms with Gasteiger partial charge in [0.25, 0.3) is 5.91 Å². The Morgan fingerprint density at radius 1 is 1.04 bits per heavy atom. The number of para-hydroxylation sites is 2. The summed E-state index contributed by atoms with van der Waals surface area (Å²) in [6.45, 7) is 7.56. The number of benzene rings is 2. The first-order valence-electron chi connectivity index (χ1n) is 9.28. The van der Waals surface area contributed by atoms with Gasteiger partial charge in [0.1, 0.15) is 5.75 Å². The van der Waals surface area contributed by atoms with E-state index in [2.05, 4.69) is 43.2 Å². The zero-order chi connectivity index (χ0) is 18.9. The minimum absolute atomic E-state index is 0.0778. The first kappa shape index (κ1) is 19.8. The molecule has 0 spiro atoms. The van der Waals surface area contributed by atoms with Crippen molar-refractivity contribution in [3.63, 3.8) is 0 Å². The molecule has 2 aromatic rings. The van der Waals surface area contributed by atoms with Gasteiger partial charge in [-0.05, 0) is 43.0 Å². The Hall–Kier alpha value is -2.49. The van der Waals surface area contributed by atoms with Crippen LogP contribution in [0.25, 0.3) is 0 Å². The highest BCUT2D eigenvalue weighted by molar-refractivity contribution is 5.80. The van der Waals surface area contributed by atoms with Crippen molar-refractivity contribution in [2.45, 2.75) is 39.2 Å². The molecule has 2 aromatic carbocycles. The summed E-state index contributed by atoms with van der Waals surface area (Å²) in [5.41, 5.74) is 2.30. The van der Waals surface area contributed by atoms with E-state index in [1.807, 2.05) is 42.5 Å². The average molecular weight is 354 g/mol. The van der Waals surface area contributed by atoms with Gasteiger partial charge in [0.2, 0.25) is 0 Å². The van der Waals surface area contributed by atoms with Crippen LogP contribution in [0, 0.1) is 0 Å². The van der Waals surface area contributed by atoms with E-state index in [0.717, 1.165) is 24.3 Å². The van der Waals surface area contributed by atoms with Crippen LogP contribution < -0.4 is 15.0 Å². The number of hydrogen-bond acceptors (Lipinski definition) is 3. The van der Waals surface area contributed by atoms with Crippen LogP contribution in [-0.4, -0.2) is 32.1 Å². The number of hydrogen-bond donors (Lipinski definition) is 1. The van der Waals surface area contributed by atoms with Gasteiger partial charge < -0.3 is 15.0 Å². The van der Waals surface area contributed by atoms with Crippen molar-refractivity contribution in [1.29, 1.82) is 0 Å². The molecule has 1 atom stereocenters. The smallest absolute Gasteiger partial charge is 0.260 e. The van der Waals surface area contributed by atoms with E-state index < -0.39 is 6.10 Å². The lowest BCUT2D eigenvalue weighted by atomic mass is 10.0. The summed E-state index contributed by atoms with van der Waals surface area (Å²) in [5.74, 6) is 1.06. The molecule has 0 fully saturated rings. The third-order valence-corrected chi connectivity index (χ3v) is 4.38. The summed E-state index contributed by atoms with van der Waals surface area (Å²) in [6, 6.07) is 18.1. The molecule has 4 heteroatoms. The maximum absolute atomic E-state index is 12.3. The number of anilines is 1. The van der Waals surface area contributed by atoms with Gasteiger partial charge in [-0.15, -0.1) is 0 Å². The SMILES string of the molecule is CC(Oc1ccccc1C(C)C)C(=O)NCCCN(C)c1ccccc1. The molecule has 26 heavy (non-hydrogen) atoms. The quantitative estimate of drug-likeness (QED) is 0.686. The summed E-state index contributed by atoms with van der Waals surface area (Å²) >= 11 is 0. The highest BCUT2D eigenvalue weighted by Gasteiger charge is 2.16. The molecule has 1 N–H and O–H groups in total. The van der Waals surface area contributed by atoms with Crippen molar-refractivity contribution < 1.29 is 9.53 Å². The predicted molar refractivity (Wildman–Crippen MR) is 108 cm³/mol. The third kappa shape index (κ3) is 5.80. The summed E-state index contributed by atoms with van der Waals surface area (Å²) in [7, 11) is 2.06. The van der Waals surface area contributed by atoms with Crippen LogP contribution in [0.15, 0.2) is 54.6 Å². The topological polar surface area (TPSA) is 41.6 Å². The molecule has 140 valence electrons. The molecular weight excluding hydrogens is 324 g/mol. The normalized spacial score (nSPS) is 11.9. The lowest BCUT2D eigenvalue weighted by Crippen LogP contribution is -2.37. The number of rotatable bonds is 9. The first-order chi connectivity index (χ1) is 12.5. The van der Waals surface area contributed by atoms with Crippen LogP contribution >= 0.6 is 0 Å². The minimum atomic E-state index is -0.512. The van der Waals surface area contributed by atoms with Crippen molar-refractivity contribution in [1.82, 2.24) is 5.32 Å². The molecule has 0 radical (unpaired) electrons. The molecule has 4 nitrogen and oxygen atoms in total. The van der Waals surface area contributed by atoms with Gasteiger partial charge in [-0.1, -0.05) is 50.2 Å². The van der Waals surface area contributed by atoms with Crippen LogP contribution in [-0.2, 0) is 4.79 Å². The van der Waals surface area contributed by atoms with Crippen molar-refractivity contribution >= 4 is 11.6 Å². The second-order valence-corrected chi connectivity index (χ2v) is 6.85. The Labute approximate surface area is 157 Å². The van der Waals surface area contributed by atoms with Gasteiger partial charge in [0, 0.05) is 25.8 Å². The molecule has 0 bridgehead atoms. The molecule has 0 aliphatic carbocycles. The molecule has 0 aromatic heterocycles. The van der Waals surface area contributed by atoms with Gasteiger partial charge in [-0.3, -0.25) is 4.79 Å². The lowest BCUT2D eigenvalue weighted by Gasteiger charge is -2.20. The Kier molecular flexibility index (Phi) is 7.52. The van der Waals surface area contributed by atoms with Crippen molar-refractivity contribution in [3.8, 4) is 5.75 Å². The van der Waals surface area contributed by atoms with E-state index in [0.29, 0.717) is 12.5 Å². The number of nitrogens with one attached hydrogen (secondary N) is 1. The van der Waals surface area contributed by atoms with E-state index in [4.69, 9.17) is 4.74 Å². The fraction of sp³-hybridized carbons (Fsp3) is 0.409. The number of carbonyl (C=O) groups excluding carboxylic acids is 1. The van der Waals surface area contributed by atoms with Gasteiger partial charge >= 0.3 is 0 Å². The van der Waals surface area contributed by atoms with E-state index >= 15 is 0 Å². The molecule has 0 saturated carbocycles. The maximum Gasteiger partial charge on any atom is 0.260 e. The second kappa shape index (κ2) is 9.85. The zero-order valence-electron chi connectivity index (χ0n) is 16.2. The summed E-state index contributed by atoms with van der Waals surface area (Å²) < 4.78 is 5.89. The first-order valence-corrected chi connectivity index (χ1v) is 9.28. The summed E-state index contributed by atoms with van der Waals surface area (Å²) in [5, 5.41) is 2.97. The van der Waals surface area contributed by atoms with Crippen molar-refractivity contribution in [3.05, 3.63) is 60.2 Å². The van der Waals surface area contributed by atoms with E-state index in [1.54, 1.807) is 6.92 Å². The molecule has 1 unspecified atom stereocenters. The summed E-state index contributed by atoms with van der Waals surface area (Å²) in [6.07, 6.45) is 0.369. The number of carbonyl (C=O) groups is 1. The molecule has 2 rings (SSSR count). The van der Waals surface area contributed by atoms with Crippen LogP contribution in [0.4, 0.5) is 5.69 Å². The third-order valence-electron chi connectivity index (χ3n) is 4.38. The molecule has 0 heterocycles. The maximum atomic E-state index is 12.3. The number of ether oxygens (including phenoxy) is 1. The monoisotopic (exact) mass is 354 g/mol. The minimum Gasteiger partial charge on any atom is -0.481 e. The highest BCUT2D eigenvalue weighted by atomic mass is 16.5. The van der Waals surface area contributed by atoms with E-state index in [1.165, 1.54) is 5.69 Å². The number of nitrogens with zero attached hydrogens (tertiary/aromatic N) is 1. The van der Waals surface area contributed by atoms with E-state index in [-0.39, 0.29) is 5.91 Å². The molecule has 0 saturated heterocycles. The molecule has 0 aliphatic heterocycles. The second-order valence-electron chi connectivity index (χ2n) is 6.85. The van der Waals surface area contributed by atoms with Gasteiger partial charge in [0.15, 0.2) is 6.10 Å². The molecule has 0 aliphatic rings. The van der Waals surface area contributed by atoms with Crippen molar-refractivity contribution in [2.24, 2.45) is 0 Å². The number of amides is 1. The van der Waals surface area contributed by atoms with Crippen molar-refractivity contribution in [2.75, 3.05) is 25.0 Å². The van der Waals surface area contributed by atoms with Crippen LogP contribution in [0.2, 0.25) is 0 Å². The van der Waals surface area contributed by atoms with E-state index in [9.17, 15) is 4.79 Å². The lowest BCUT2D eigenvalue weighted by molar-refractivity contribution is -0.127. The Balaban J connectivity index is 1.76. The Morgan fingerprint density at radius 3 is 2.38 bits per heavy atom. The van der Waals surface area contributed by atoms with Gasteiger partial charge in [-0.2, -0.15) is 0 Å². The van der Waals surface area contributed by atoms with Gasteiger partial charge in [0.05, 0.1) is 0 Å². The molecule has 1 amide bonds. The van der Waals surface area contributed by atoms with Crippen LogP contribution in [0.1, 0.15) is 38.7 Å².